The molecule has 1 heterocycles. The van der Waals surface area contributed by atoms with E-state index in [2.05, 4.69) is 10.0 Å². The summed E-state index contributed by atoms with van der Waals surface area (Å²) in [5.41, 5.74) is 1.45. The number of nitrogens with zero attached hydrogens (tertiary/aromatic N) is 1. The Hall–Kier alpha value is -2.91. The van der Waals surface area contributed by atoms with Crippen LogP contribution in [0.15, 0.2) is 53.4 Å². The first-order valence-corrected chi connectivity index (χ1v) is 11.7. The molecule has 0 aromatic heterocycles. The van der Waals surface area contributed by atoms with E-state index in [0.29, 0.717) is 11.3 Å². The first-order chi connectivity index (χ1) is 14.9. The van der Waals surface area contributed by atoms with Gasteiger partial charge in [0.25, 0.3) is 5.91 Å². The number of ether oxygens (including phenoxy) is 1. The van der Waals surface area contributed by atoms with Crippen molar-refractivity contribution in [1.29, 1.82) is 0 Å². The van der Waals surface area contributed by atoms with E-state index in [1.165, 1.54) is 37.8 Å². The summed E-state index contributed by atoms with van der Waals surface area (Å²) in [5, 5.41) is 2.67. The van der Waals surface area contributed by atoms with Gasteiger partial charge in [0.2, 0.25) is 15.9 Å². The number of rotatable bonds is 8. The van der Waals surface area contributed by atoms with Crippen molar-refractivity contribution in [3.05, 3.63) is 59.7 Å². The van der Waals surface area contributed by atoms with Crippen molar-refractivity contribution in [2.24, 2.45) is 0 Å². The van der Waals surface area contributed by atoms with Crippen LogP contribution in [0, 0.1) is 0 Å². The molecule has 0 unspecified atom stereocenters. The zero-order valence-electron chi connectivity index (χ0n) is 17.5. The van der Waals surface area contributed by atoms with Crippen LogP contribution in [0.5, 0.6) is 5.75 Å². The zero-order chi connectivity index (χ0) is 22.3. The highest BCUT2D eigenvalue weighted by Gasteiger charge is 2.18. The molecule has 2 N–H and O–H groups in total. The fraction of sp³-hybridized carbons (Fsp3) is 0.364. The van der Waals surface area contributed by atoms with E-state index in [1.807, 2.05) is 4.90 Å². The van der Waals surface area contributed by atoms with Crippen molar-refractivity contribution in [3.8, 4) is 5.75 Å². The maximum absolute atomic E-state index is 12.5. The molecule has 166 valence electrons. The number of piperidine rings is 1. The minimum Gasteiger partial charge on any atom is -0.497 e. The maximum Gasteiger partial charge on any atom is 0.253 e. The van der Waals surface area contributed by atoms with Gasteiger partial charge in [-0.05, 0) is 61.2 Å². The van der Waals surface area contributed by atoms with Gasteiger partial charge in [-0.15, -0.1) is 0 Å². The number of likely N-dealkylation sites (tertiary alicyclic amines) is 1. The van der Waals surface area contributed by atoms with Crippen LogP contribution in [0.3, 0.4) is 0 Å². The third-order valence-corrected chi connectivity index (χ3v) is 6.54. The second-order valence-corrected chi connectivity index (χ2v) is 9.09. The maximum atomic E-state index is 12.5. The van der Waals surface area contributed by atoms with Crippen LogP contribution >= 0.6 is 0 Å². The van der Waals surface area contributed by atoms with E-state index in [0.717, 1.165) is 31.5 Å². The Bertz CT molecular complexity index is 998. The van der Waals surface area contributed by atoms with E-state index < -0.39 is 15.9 Å². The van der Waals surface area contributed by atoms with Gasteiger partial charge in [-0.2, -0.15) is 0 Å². The summed E-state index contributed by atoms with van der Waals surface area (Å²) >= 11 is 0. The highest BCUT2D eigenvalue weighted by atomic mass is 32.2. The molecule has 9 heteroatoms. The second-order valence-electron chi connectivity index (χ2n) is 7.33. The summed E-state index contributed by atoms with van der Waals surface area (Å²) in [4.78, 5) is 26.5. The Labute approximate surface area is 182 Å². The summed E-state index contributed by atoms with van der Waals surface area (Å²) in [6.07, 6.45) is 3.24. The molecule has 1 saturated heterocycles. The number of hydrogen-bond acceptors (Lipinski definition) is 5. The predicted molar refractivity (Wildman–Crippen MR) is 116 cm³/mol. The SMILES string of the molecule is COc1ccc(S(=O)(=O)NCC(=O)NCc2ccc(C(=O)N3CCCCC3)cc2)cc1. The Morgan fingerprint density at radius 3 is 2.23 bits per heavy atom. The number of sulfonamides is 1. The standard InChI is InChI=1S/C22H27N3O5S/c1-30-19-9-11-20(12-10-19)31(28,29)24-16-21(26)23-15-17-5-7-18(8-6-17)22(27)25-13-3-2-4-14-25/h5-12,24H,2-4,13-16H2,1H3,(H,23,26). The number of methoxy groups -OCH3 is 1. The average molecular weight is 446 g/mol. The second kappa shape index (κ2) is 10.4. The van der Waals surface area contributed by atoms with Crippen LogP contribution in [0.4, 0.5) is 0 Å². The smallest absolute Gasteiger partial charge is 0.253 e. The van der Waals surface area contributed by atoms with Crippen molar-refractivity contribution < 1.29 is 22.7 Å². The van der Waals surface area contributed by atoms with Gasteiger partial charge in [-0.25, -0.2) is 13.1 Å². The summed E-state index contributed by atoms with van der Waals surface area (Å²) in [6, 6.07) is 13.0. The third-order valence-electron chi connectivity index (χ3n) is 5.13. The fourth-order valence-corrected chi connectivity index (χ4v) is 4.29. The number of hydrogen-bond donors (Lipinski definition) is 2. The lowest BCUT2D eigenvalue weighted by Gasteiger charge is -2.26. The topological polar surface area (TPSA) is 105 Å². The van der Waals surface area contributed by atoms with Crippen molar-refractivity contribution in [2.75, 3.05) is 26.7 Å². The quantitative estimate of drug-likeness (QED) is 0.646. The van der Waals surface area contributed by atoms with E-state index in [9.17, 15) is 18.0 Å². The molecule has 2 amide bonds. The molecule has 31 heavy (non-hydrogen) atoms. The molecule has 0 aliphatic carbocycles. The summed E-state index contributed by atoms with van der Waals surface area (Å²) in [6.45, 7) is 1.45. The molecule has 2 aromatic rings. The minimum absolute atomic E-state index is 0.0308. The molecule has 1 fully saturated rings. The van der Waals surface area contributed by atoms with Crippen molar-refractivity contribution in [3.63, 3.8) is 0 Å². The van der Waals surface area contributed by atoms with Gasteiger partial charge in [0.1, 0.15) is 5.75 Å². The number of nitrogens with one attached hydrogen (secondary N) is 2. The third kappa shape index (κ3) is 6.28. The largest absolute Gasteiger partial charge is 0.497 e. The highest BCUT2D eigenvalue weighted by Crippen LogP contribution is 2.15. The Kier molecular flexibility index (Phi) is 7.64. The van der Waals surface area contributed by atoms with Crippen molar-refractivity contribution in [2.45, 2.75) is 30.7 Å². The molecular weight excluding hydrogens is 418 g/mol. The molecule has 2 aromatic carbocycles. The molecule has 0 radical (unpaired) electrons. The first kappa shape index (κ1) is 22.8. The average Bonchev–Trinajstić information content (AvgIpc) is 2.82. The Morgan fingerprint density at radius 2 is 1.61 bits per heavy atom. The van der Waals surface area contributed by atoms with Gasteiger partial charge < -0.3 is 15.0 Å². The lowest BCUT2D eigenvalue weighted by Crippen LogP contribution is -2.36. The summed E-state index contributed by atoms with van der Waals surface area (Å²) in [7, 11) is -2.31. The molecule has 0 saturated carbocycles. The van der Waals surface area contributed by atoms with Crippen LogP contribution in [0.2, 0.25) is 0 Å². The summed E-state index contributed by atoms with van der Waals surface area (Å²) in [5.74, 6) is 0.120. The van der Waals surface area contributed by atoms with Crippen LogP contribution in [-0.4, -0.2) is 51.9 Å². The normalized spacial score (nSPS) is 14.2. The minimum atomic E-state index is -3.80. The van der Waals surface area contributed by atoms with Gasteiger partial charge >= 0.3 is 0 Å². The van der Waals surface area contributed by atoms with E-state index in [4.69, 9.17) is 4.74 Å². The number of benzene rings is 2. The summed E-state index contributed by atoms with van der Waals surface area (Å²) < 4.78 is 31.8. The Morgan fingerprint density at radius 1 is 0.968 bits per heavy atom. The van der Waals surface area contributed by atoms with E-state index >= 15 is 0 Å². The molecule has 1 aliphatic heterocycles. The lowest BCUT2D eigenvalue weighted by atomic mass is 10.1. The molecule has 8 nitrogen and oxygen atoms in total. The Balaban J connectivity index is 1.47. The monoisotopic (exact) mass is 445 g/mol. The van der Waals surface area contributed by atoms with Gasteiger partial charge in [0.05, 0.1) is 18.6 Å². The van der Waals surface area contributed by atoms with Crippen LogP contribution in [-0.2, 0) is 21.4 Å². The van der Waals surface area contributed by atoms with Gasteiger partial charge in [0.15, 0.2) is 0 Å². The fourth-order valence-electron chi connectivity index (χ4n) is 3.31. The predicted octanol–water partition coefficient (Wildman–Crippen LogP) is 1.92. The van der Waals surface area contributed by atoms with Crippen LogP contribution in [0.25, 0.3) is 0 Å². The molecule has 0 bridgehead atoms. The van der Waals surface area contributed by atoms with E-state index in [1.54, 1.807) is 24.3 Å². The van der Waals surface area contributed by atoms with Crippen LogP contribution < -0.4 is 14.8 Å². The molecule has 0 spiro atoms. The first-order valence-electron chi connectivity index (χ1n) is 10.2. The van der Waals surface area contributed by atoms with Gasteiger partial charge in [0, 0.05) is 25.2 Å². The van der Waals surface area contributed by atoms with Crippen LogP contribution in [0.1, 0.15) is 35.2 Å². The number of amides is 2. The number of carbonyl (C=O) groups is 2. The molecular formula is C22H27N3O5S. The molecule has 0 atom stereocenters. The lowest BCUT2D eigenvalue weighted by molar-refractivity contribution is -0.120. The van der Waals surface area contributed by atoms with Gasteiger partial charge in [-0.3, -0.25) is 9.59 Å². The number of carbonyl (C=O) groups excluding carboxylic acids is 2. The molecule has 1 aliphatic rings. The van der Waals surface area contributed by atoms with Gasteiger partial charge in [-0.1, -0.05) is 12.1 Å². The van der Waals surface area contributed by atoms with Crippen molar-refractivity contribution in [1.82, 2.24) is 14.9 Å². The van der Waals surface area contributed by atoms with Crippen molar-refractivity contribution >= 4 is 21.8 Å². The highest BCUT2D eigenvalue weighted by molar-refractivity contribution is 7.89. The molecule has 3 rings (SSSR count). The van der Waals surface area contributed by atoms with E-state index in [-0.39, 0.29) is 23.9 Å². The zero-order valence-corrected chi connectivity index (χ0v) is 18.3.